The lowest BCUT2D eigenvalue weighted by molar-refractivity contribution is -0.384. The molecule has 3 rings (SSSR count). The summed E-state index contributed by atoms with van der Waals surface area (Å²) in [4.78, 5) is 17.2. The number of benzene rings is 1. The van der Waals surface area contributed by atoms with Crippen molar-refractivity contribution >= 4 is 23.0 Å². The van der Waals surface area contributed by atoms with Crippen LogP contribution in [0.15, 0.2) is 36.4 Å². The molecule has 0 saturated heterocycles. The normalized spacial score (nSPS) is 13.7. The van der Waals surface area contributed by atoms with E-state index in [-0.39, 0.29) is 10.6 Å². The zero-order valence-corrected chi connectivity index (χ0v) is 11.7. The molecule has 6 heteroatoms. The Morgan fingerprint density at radius 3 is 2.90 bits per heavy atom. The largest absolute Gasteiger partial charge is 0.373 e. The second-order valence-corrected chi connectivity index (χ2v) is 4.96. The second kappa shape index (κ2) is 5.40. The van der Waals surface area contributed by atoms with Crippen LogP contribution in [0.5, 0.6) is 0 Å². The van der Waals surface area contributed by atoms with E-state index in [1.54, 1.807) is 7.05 Å². The molecule has 1 aliphatic rings. The van der Waals surface area contributed by atoms with E-state index < -0.39 is 0 Å². The molecular weight excluding hydrogens is 268 g/mol. The smallest absolute Gasteiger partial charge is 0.276 e. The SMILES string of the molecule is CNc1cc([N+](=O)[O-])cc(N2CCCc3ccccc32)n1. The number of rotatable bonds is 3. The summed E-state index contributed by atoms with van der Waals surface area (Å²) in [5, 5.41) is 14.0. The molecule has 2 heterocycles. The van der Waals surface area contributed by atoms with Crippen LogP contribution in [-0.4, -0.2) is 23.5 Å². The highest BCUT2D eigenvalue weighted by Gasteiger charge is 2.21. The van der Waals surface area contributed by atoms with Crippen LogP contribution in [0.4, 0.5) is 23.0 Å². The third-order valence-electron chi connectivity index (χ3n) is 3.65. The van der Waals surface area contributed by atoms with Crippen molar-refractivity contribution < 1.29 is 4.92 Å². The summed E-state index contributed by atoms with van der Waals surface area (Å²) in [6, 6.07) is 11.1. The molecule has 0 aliphatic carbocycles. The third kappa shape index (κ3) is 2.52. The summed E-state index contributed by atoms with van der Waals surface area (Å²) in [5.74, 6) is 1.11. The summed E-state index contributed by atoms with van der Waals surface area (Å²) < 4.78 is 0. The van der Waals surface area contributed by atoms with Crippen LogP contribution in [0.1, 0.15) is 12.0 Å². The third-order valence-corrected chi connectivity index (χ3v) is 3.65. The van der Waals surface area contributed by atoms with Crippen molar-refractivity contribution in [2.75, 3.05) is 23.8 Å². The summed E-state index contributed by atoms with van der Waals surface area (Å²) in [5.41, 5.74) is 2.38. The van der Waals surface area contributed by atoms with Crippen molar-refractivity contribution in [1.82, 2.24) is 4.98 Å². The minimum atomic E-state index is -0.387. The first-order chi connectivity index (χ1) is 10.2. The number of hydrogen-bond acceptors (Lipinski definition) is 5. The van der Waals surface area contributed by atoms with Gasteiger partial charge in [-0.1, -0.05) is 18.2 Å². The van der Waals surface area contributed by atoms with Gasteiger partial charge in [-0.25, -0.2) is 4.98 Å². The van der Waals surface area contributed by atoms with Gasteiger partial charge >= 0.3 is 0 Å². The molecule has 21 heavy (non-hydrogen) atoms. The highest BCUT2D eigenvalue weighted by atomic mass is 16.6. The maximum absolute atomic E-state index is 11.1. The predicted octanol–water partition coefficient (Wildman–Crippen LogP) is 3.12. The lowest BCUT2D eigenvalue weighted by Crippen LogP contribution is -2.25. The minimum absolute atomic E-state index is 0.0485. The van der Waals surface area contributed by atoms with Crippen molar-refractivity contribution in [3.63, 3.8) is 0 Å². The fourth-order valence-electron chi connectivity index (χ4n) is 2.65. The van der Waals surface area contributed by atoms with Crippen LogP contribution in [0.2, 0.25) is 0 Å². The van der Waals surface area contributed by atoms with Gasteiger partial charge in [0, 0.05) is 19.3 Å². The van der Waals surface area contributed by atoms with E-state index in [0.29, 0.717) is 11.6 Å². The van der Waals surface area contributed by atoms with Gasteiger partial charge in [-0.15, -0.1) is 0 Å². The average Bonchev–Trinajstić information content (AvgIpc) is 2.53. The fourth-order valence-corrected chi connectivity index (χ4v) is 2.65. The van der Waals surface area contributed by atoms with Gasteiger partial charge in [0.2, 0.25) is 0 Å². The van der Waals surface area contributed by atoms with E-state index in [1.807, 2.05) is 23.1 Å². The first-order valence-corrected chi connectivity index (χ1v) is 6.89. The van der Waals surface area contributed by atoms with Crippen molar-refractivity contribution in [2.45, 2.75) is 12.8 Å². The van der Waals surface area contributed by atoms with Crippen LogP contribution in [0.25, 0.3) is 0 Å². The van der Waals surface area contributed by atoms with Crippen LogP contribution in [0.3, 0.4) is 0 Å². The van der Waals surface area contributed by atoms with Crippen LogP contribution in [-0.2, 0) is 6.42 Å². The van der Waals surface area contributed by atoms with E-state index >= 15 is 0 Å². The Bertz CT molecular complexity index is 687. The van der Waals surface area contributed by atoms with Gasteiger partial charge < -0.3 is 10.2 Å². The Hall–Kier alpha value is -2.63. The highest BCUT2D eigenvalue weighted by molar-refractivity contribution is 5.68. The number of fused-ring (bicyclic) bond motifs is 1. The molecule has 0 fully saturated rings. The molecule has 0 bridgehead atoms. The van der Waals surface area contributed by atoms with Gasteiger partial charge in [0.15, 0.2) is 0 Å². The lowest BCUT2D eigenvalue weighted by Gasteiger charge is -2.30. The van der Waals surface area contributed by atoms with E-state index in [0.717, 1.165) is 25.1 Å². The van der Waals surface area contributed by atoms with Gasteiger partial charge in [-0.05, 0) is 24.5 Å². The molecule has 0 spiro atoms. The van der Waals surface area contributed by atoms with Crippen molar-refractivity contribution in [1.29, 1.82) is 0 Å². The first-order valence-electron chi connectivity index (χ1n) is 6.89. The van der Waals surface area contributed by atoms with Crippen molar-refractivity contribution in [2.24, 2.45) is 0 Å². The lowest BCUT2D eigenvalue weighted by atomic mass is 10.0. The number of nitro groups is 1. The van der Waals surface area contributed by atoms with Gasteiger partial charge in [0.25, 0.3) is 5.69 Å². The summed E-state index contributed by atoms with van der Waals surface area (Å²) in [6.45, 7) is 0.814. The number of anilines is 3. The molecule has 6 nitrogen and oxygen atoms in total. The Morgan fingerprint density at radius 1 is 1.33 bits per heavy atom. The Kier molecular flexibility index (Phi) is 3.43. The molecule has 108 valence electrons. The first kappa shape index (κ1) is 13.4. The maximum Gasteiger partial charge on any atom is 0.276 e. The number of nitrogens with one attached hydrogen (secondary N) is 1. The quantitative estimate of drug-likeness (QED) is 0.692. The molecule has 2 aromatic rings. The van der Waals surface area contributed by atoms with Crippen LogP contribution in [0, 0.1) is 10.1 Å². The molecular formula is C15H16N4O2. The Balaban J connectivity index is 2.09. The van der Waals surface area contributed by atoms with E-state index in [2.05, 4.69) is 16.4 Å². The molecule has 0 radical (unpaired) electrons. The van der Waals surface area contributed by atoms with Gasteiger partial charge in [0.05, 0.1) is 17.1 Å². The van der Waals surface area contributed by atoms with E-state index in [1.165, 1.54) is 17.7 Å². The maximum atomic E-state index is 11.1. The molecule has 0 unspecified atom stereocenters. The topological polar surface area (TPSA) is 71.3 Å². The Labute approximate surface area is 122 Å². The number of para-hydroxylation sites is 1. The highest BCUT2D eigenvalue weighted by Crippen LogP contribution is 2.34. The standard InChI is InChI=1S/C15H16N4O2/c1-16-14-9-12(19(20)21)10-15(17-14)18-8-4-6-11-5-2-3-7-13(11)18/h2-3,5,7,9-10H,4,6,8H2,1H3,(H,16,17). The van der Waals surface area contributed by atoms with E-state index in [4.69, 9.17) is 0 Å². The van der Waals surface area contributed by atoms with Crippen molar-refractivity contribution in [3.8, 4) is 0 Å². The fraction of sp³-hybridized carbons (Fsp3) is 0.267. The number of hydrogen-bond donors (Lipinski definition) is 1. The summed E-state index contributed by atoms with van der Waals surface area (Å²) in [6.07, 6.45) is 2.04. The molecule has 0 saturated carbocycles. The average molecular weight is 284 g/mol. The monoisotopic (exact) mass is 284 g/mol. The van der Waals surface area contributed by atoms with Crippen molar-refractivity contribution in [3.05, 3.63) is 52.1 Å². The summed E-state index contributed by atoms with van der Waals surface area (Å²) >= 11 is 0. The zero-order chi connectivity index (χ0) is 14.8. The number of aryl methyl sites for hydroxylation is 1. The molecule has 0 atom stereocenters. The number of aromatic nitrogens is 1. The second-order valence-electron chi connectivity index (χ2n) is 4.96. The molecule has 1 aromatic carbocycles. The zero-order valence-electron chi connectivity index (χ0n) is 11.7. The summed E-state index contributed by atoms with van der Waals surface area (Å²) in [7, 11) is 1.71. The minimum Gasteiger partial charge on any atom is -0.373 e. The van der Waals surface area contributed by atoms with Gasteiger partial charge in [-0.2, -0.15) is 0 Å². The number of pyridine rings is 1. The predicted molar refractivity (Wildman–Crippen MR) is 82.2 cm³/mol. The van der Waals surface area contributed by atoms with Gasteiger partial charge in [-0.3, -0.25) is 10.1 Å². The van der Waals surface area contributed by atoms with E-state index in [9.17, 15) is 10.1 Å². The van der Waals surface area contributed by atoms with Crippen LogP contribution >= 0.6 is 0 Å². The van der Waals surface area contributed by atoms with Crippen LogP contribution < -0.4 is 10.2 Å². The van der Waals surface area contributed by atoms with Gasteiger partial charge in [0.1, 0.15) is 11.6 Å². The number of nitrogens with zero attached hydrogens (tertiary/aromatic N) is 3. The molecule has 0 amide bonds. The molecule has 1 aliphatic heterocycles. The molecule has 1 aromatic heterocycles. The Morgan fingerprint density at radius 2 is 2.14 bits per heavy atom. The molecule has 1 N–H and O–H groups in total.